The minimum absolute atomic E-state index is 0.0639. The lowest BCUT2D eigenvalue weighted by Crippen LogP contribution is -2.45. The van der Waals surface area contributed by atoms with Crippen LogP contribution in [0.4, 0.5) is 0 Å². The molecular weight excluding hydrogens is 318 g/mol. The van der Waals surface area contributed by atoms with E-state index in [0.717, 1.165) is 50.2 Å². The van der Waals surface area contributed by atoms with E-state index >= 15 is 0 Å². The van der Waals surface area contributed by atoms with Gasteiger partial charge in [-0.05, 0) is 38.9 Å². The zero-order valence-corrected chi connectivity index (χ0v) is 14.1. The predicted octanol–water partition coefficient (Wildman–Crippen LogP) is 2.29. The Bertz CT molecular complexity index is 539. The van der Waals surface area contributed by atoms with E-state index in [1.807, 2.05) is 0 Å². The first kappa shape index (κ1) is 16.2. The number of likely N-dealkylation sites (tertiary alicyclic amines) is 1. The molecule has 2 heterocycles. The average molecular weight is 338 g/mol. The molecule has 5 nitrogen and oxygen atoms in total. The van der Waals surface area contributed by atoms with E-state index in [0.29, 0.717) is 0 Å². The molecule has 20 heavy (non-hydrogen) atoms. The summed E-state index contributed by atoms with van der Waals surface area (Å²) in [5.74, 6) is 0. The van der Waals surface area contributed by atoms with Crippen LogP contribution in [0.25, 0.3) is 0 Å². The molecule has 0 bridgehead atoms. The monoisotopic (exact) mass is 337 g/mol. The van der Waals surface area contributed by atoms with Gasteiger partial charge in [-0.15, -0.1) is 0 Å². The first-order valence-corrected chi connectivity index (χ1v) is 9.40. The van der Waals surface area contributed by atoms with Crippen LogP contribution in [0.3, 0.4) is 0 Å². The van der Waals surface area contributed by atoms with Gasteiger partial charge in [0.25, 0.3) is 10.0 Å². The Morgan fingerprint density at radius 3 is 2.65 bits per heavy atom. The molecule has 0 N–H and O–H groups in total. The predicted molar refractivity (Wildman–Crippen MR) is 81.8 cm³/mol. The van der Waals surface area contributed by atoms with Crippen molar-refractivity contribution in [3.63, 3.8) is 0 Å². The lowest BCUT2D eigenvalue weighted by atomic mass is 10.1. The van der Waals surface area contributed by atoms with Crippen LogP contribution in [0.2, 0.25) is 4.47 Å². The number of aromatic nitrogens is 1. The summed E-state index contributed by atoms with van der Waals surface area (Å²) in [6.45, 7) is 5.17. The van der Waals surface area contributed by atoms with Gasteiger partial charge in [-0.3, -0.25) is 0 Å². The fourth-order valence-corrected chi connectivity index (χ4v) is 5.42. The molecule has 1 aliphatic heterocycles. The molecular formula is C12H20ClN3O2S2. The zero-order valence-electron chi connectivity index (χ0n) is 11.7. The number of hydrogen-bond acceptors (Lipinski definition) is 5. The van der Waals surface area contributed by atoms with Crippen LogP contribution in [0.5, 0.6) is 0 Å². The second-order valence-electron chi connectivity index (χ2n) is 5.03. The van der Waals surface area contributed by atoms with Crippen molar-refractivity contribution < 1.29 is 8.42 Å². The van der Waals surface area contributed by atoms with E-state index in [1.165, 1.54) is 10.5 Å². The summed E-state index contributed by atoms with van der Waals surface area (Å²) in [6.07, 6.45) is 4.23. The molecule has 2 rings (SSSR count). The molecule has 0 unspecified atom stereocenters. The van der Waals surface area contributed by atoms with E-state index in [2.05, 4.69) is 16.8 Å². The van der Waals surface area contributed by atoms with E-state index in [9.17, 15) is 8.42 Å². The normalized spacial score (nSPS) is 18.8. The number of thiazole rings is 1. The van der Waals surface area contributed by atoms with Crippen LogP contribution in [0.15, 0.2) is 10.4 Å². The summed E-state index contributed by atoms with van der Waals surface area (Å²) in [4.78, 5) is 6.21. The third-order valence-electron chi connectivity index (χ3n) is 3.70. The molecule has 0 aromatic carbocycles. The van der Waals surface area contributed by atoms with E-state index < -0.39 is 10.0 Å². The van der Waals surface area contributed by atoms with Crippen molar-refractivity contribution in [3.05, 3.63) is 10.7 Å². The first-order chi connectivity index (χ1) is 9.45. The number of piperidine rings is 1. The van der Waals surface area contributed by atoms with Crippen LogP contribution < -0.4 is 0 Å². The maximum atomic E-state index is 12.5. The summed E-state index contributed by atoms with van der Waals surface area (Å²) in [6, 6.07) is 0.0639. The molecule has 0 atom stereocenters. The molecule has 1 fully saturated rings. The van der Waals surface area contributed by atoms with Gasteiger partial charge in [-0.25, -0.2) is 13.4 Å². The number of rotatable bonds is 5. The van der Waals surface area contributed by atoms with Gasteiger partial charge in [0, 0.05) is 13.1 Å². The maximum Gasteiger partial charge on any atom is 0.254 e. The molecule has 1 saturated heterocycles. The summed E-state index contributed by atoms with van der Waals surface area (Å²) >= 11 is 6.74. The highest BCUT2D eigenvalue weighted by atomic mass is 35.5. The van der Waals surface area contributed by atoms with Crippen molar-refractivity contribution in [2.45, 2.75) is 36.4 Å². The van der Waals surface area contributed by atoms with Crippen LogP contribution >= 0.6 is 22.9 Å². The summed E-state index contributed by atoms with van der Waals surface area (Å²) in [5, 5.41) is 0. The van der Waals surface area contributed by atoms with Gasteiger partial charge in [0.1, 0.15) is 0 Å². The molecule has 1 aromatic rings. The van der Waals surface area contributed by atoms with Gasteiger partial charge in [0.2, 0.25) is 0 Å². The Morgan fingerprint density at radius 1 is 1.50 bits per heavy atom. The maximum absolute atomic E-state index is 12.5. The van der Waals surface area contributed by atoms with Crippen molar-refractivity contribution in [1.82, 2.24) is 14.2 Å². The zero-order chi connectivity index (χ0) is 14.8. The van der Waals surface area contributed by atoms with Crippen LogP contribution in [0, 0.1) is 0 Å². The lowest BCUT2D eigenvalue weighted by molar-refractivity contribution is 0.170. The minimum Gasteiger partial charge on any atom is -0.303 e. The van der Waals surface area contributed by atoms with E-state index in [1.54, 1.807) is 7.05 Å². The van der Waals surface area contributed by atoms with E-state index in [4.69, 9.17) is 11.6 Å². The van der Waals surface area contributed by atoms with E-state index in [-0.39, 0.29) is 14.7 Å². The molecule has 8 heteroatoms. The van der Waals surface area contributed by atoms with Crippen LogP contribution in [-0.4, -0.2) is 55.3 Å². The molecule has 0 aliphatic carbocycles. The quantitative estimate of drug-likeness (QED) is 0.827. The highest BCUT2D eigenvalue weighted by molar-refractivity contribution is 7.91. The number of hydrogen-bond donors (Lipinski definition) is 0. The second-order valence-corrected chi connectivity index (χ2v) is 8.86. The summed E-state index contributed by atoms with van der Waals surface area (Å²) < 4.78 is 26.9. The lowest BCUT2D eigenvalue weighted by Gasteiger charge is -2.35. The van der Waals surface area contributed by atoms with Gasteiger partial charge in [0.05, 0.1) is 6.20 Å². The fourth-order valence-electron chi connectivity index (χ4n) is 2.52. The third kappa shape index (κ3) is 3.51. The second kappa shape index (κ2) is 6.70. The van der Waals surface area contributed by atoms with Crippen molar-refractivity contribution in [1.29, 1.82) is 0 Å². The van der Waals surface area contributed by atoms with Gasteiger partial charge in [-0.2, -0.15) is 4.31 Å². The topological polar surface area (TPSA) is 53.5 Å². The smallest absolute Gasteiger partial charge is 0.254 e. The van der Waals surface area contributed by atoms with Gasteiger partial charge in [0.15, 0.2) is 8.68 Å². The molecule has 0 spiro atoms. The van der Waals surface area contributed by atoms with Crippen LogP contribution in [-0.2, 0) is 10.0 Å². The Hall–Kier alpha value is -0.210. The molecule has 0 radical (unpaired) electrons. The SMILES string of the molecule is CCCN1CCC(N(C)S(=O)(=O)c2cnc(Cl)s2)CC1. The Kier molecular flexibility index (Phi) is 5.42. The number of nitrogens with zero attached hydrogens (tertiary/aromatic N) is 3. The van der Waals surface area contributed by atoms with Gasteiger partial charge < -0.3 is 4.90 Å². The molecule has 0 saturated carbocycles. The Labute approximate surface area is 129 Å². The van der Waals surface area contributed by atoms with Crippen molar-refractivity contribution in [2.75, 3.05) is 26.7 Å². The molecule has 1 aliphatic rings. The van der Waals surface area contributed by atoms with Gasteiger partial charge >= 0.3 is 0 Å². The summed E-state index contributed by atoms with van der Waals surface area (Å²) in [7, 11) is -1.81. The highest BCUT2D eigenvalue weighted by Gasteiger charge is 2.31. The number of halogens is 1. The van der Waals surface area contributed by atoms with Crippen LogP contribution in [0.1, 0.15) is 26.2 Å². The number of sulfonamides is 1. The minimum atomic E-state index is -3.46. The fraction of sp³-hybridized carbons (Fsp3) is 0.750. The highest BCUT2D eigenvalue weighted by Crippen LogP contribution is 2.28. The molecule has 0 amide bonds. The first-order valence-electron chi connectivity index (χ1n) is 6.77. The van der Waals surface area contributed by atoms with Crippen molar-refractivity contribution in [3.8, 4) is 0 Å². The third-order valence-corrected chi connectivity index (χ3v) is 7.16. The van der Waals surface area contributed by atoms with Crippen molar-refractivity contribution in [2.24, 2.45) is 0 Å². The largest absolute Gasteiger partial charge is 0.303 e. The standard InChI is InChI=1S/C12H20ClN3O2S2/c1-3-6-16-7-4-10(5-8-16)15(2)20(17,18)11-9-14-12(13)19-11/h9-10H,3-8H2,1-2H3. The van der Waals surface area contributed by atoms with Gasteiger partial charge in [-0.1, -0.05) is 29.9 Å². The van der Waals surface area contributed by atoms with Crippen molar-refractivity contribution >= 4 is 33.0 Å². The molecule has 1 aromatic heterocycles. The summed E-state index contributed by atoms with van der Waals surface area (Å²) in [5.41, 5.74) is 0. The average Bonchev–Trinajstić information content (AvgIpc) is 2.86. The Balaban J connectivity index is 2.03. The molecule has 114 valence electrons. The Morgan fingerprint density at radius 2 is 2.15 bits per heavy atom.